The van der Waals surface area contributed by atoms with E-state index in [1.165, 1.54) is 0 Å². The summed E-state index contributed by atoms with van der Waals surface area (Å²) in [5.74, 6) is -0.390. The van der Waals surface area contributed by atoms with Gasteiger partial charge in [-0.05, 0) is 24.3 Å². The number of carbonyl (C=O) groups is 1. The van der Waals surface area contributed by atoms with Gasteiger partial charge in [0.15, 0.2) is 5.82 Å². The molecule has 2 heterocycles. The van der Waals surface area contributed by atoms with Gasteiger partial charge in [0.25, 0.3) is 0 Å². The van der Waals surface area contributed by atoms with Crippen LogP contribution in [0.1, 0.15) is 31.5 Å². The van der Waals surface area contributed by atoms with Crippen LogP contribution in [0.5, 0.6) is 0 Å². The SMILES string of the molecule is CC(C)(C)c1nc(CC(=O)Nc2ccc(-c3noc(=O)[nH]3)cc2)cs1. The summed E-state index contributed by atoms with van der Waals surface area (Å²) < 4.78 is 4.47. The highest BCUT2D eigenvalue weighted by molar-refractivity contribution is 7.09. The number of hydrogen-bond acceptors (Lipinski definition) is 6. The molecule has 130 valence electrons. The Morgan fingerprint density at radius 2 is 2.00 bits per heavy atom. The normalized spacial score (nSPS) is 11.5. The van der Waals surface area contributed by atoms with Crippen molar-refractivity contribution in [1.82, 2.24) is 15.1 Å². The molecule has 2 aromatic heterocycles. The van der Waals surface area contributed by atoms with Crippen LogP contribution in [0.4, 0.5) is 5.69 Å². The third-order valence-electron chi connectivity index (χ3n) is 3.42. The van der Waals surface area contributed by atoms with E-state index in [2.05, 4.69) is 45.7 Å². The number of H-pyrrole nitrogens is 1. The highest BCUT2D eigenvalue weighted by Gasteiger charge is 2.18. The molecule has 0 saturated carbocycles. The van der Waals surface area contributed by atoms with E-state index in [0.29, 0.717) is 17.1 Å². The maximum Gasteiger partial charge on any atom is 0.439 e. The van der Waals surface area contributed by atoms with Crippen molar-refractivity contribution < 1.29 is 9.32 Å². The molecule has 0 radical (unpaired) electrons. The fourth-order valence-corrected chi connectivity index (χ4v) is 3.08. The Hall–Kier alpha value is -2.74. The van der Waals surface area contributed by atoms with Crippen molar-refractivity contribution >= 4 is 22.9 Å². The highest BCUT2D eigenvalue weighted by atomic mass is 32.1. The fourth-order valence-electron chi connectivity index (χ4n) is 2.17. The van der Waals surface area contributed by atoms with E-state index in [9.17, 15) is 9.59 Å². The van der Waals surface area contributed by atoms with E-state index in [1.807, 2.05) is 5.38 Å². The first kappa shape index (κ1) is 17.1. The van der Waals surface area contributed by atoms with Crippen LogP contribution in [-0.2, 0) is 16.6 Å². The van der Waals surface area contributed by atoms with Gasteiger partial charge in [-0.2, -0.15) is 0 Å². The lowest BCUT2D eigenvalue weighted by atomic mass is 9.98. The number of amides is 1. The average Bonchev–Trinajstić information content (AvgIpc) is 3.17. The highest BCUT2D eigenvalue weighted by Crippen LogP contribution is 2.25. The third-order valence-corrected chi connectivity index (χ3v) is 4.73. The van der Waals surface area contributed by atoms with E-state index in [-0.39, 0.29) is 17.7 Å². The van der Waals surface area contributed by atoms with E-state index in [0.717, 1.165) is 10.7 Å². The van der Waals surface area contributed by atoms with Gasteiger partial charge >= 0.3 is 5.76 Å². The van der Waals surface area contributed by atoms with Crippen LogP contribution >= 0.6 is 11.3 Å². The minimum Gasteiger partial charge on any atom is -0.326 e. The number of carbonyl (C=O) groups excluding carboxylic acids is 1. The van der Waals surface area contributed by atoms with Crippen LogP contribution in [0, 0.1) is 0 Å². The molecule has 0 aliphatic rings. The zero-order chi connectivity index (χ0) is 18.0. The van der Waals surface area contributed by atoms with Crippen LogP contribution in [0.3, 0.4) is 0 Å². The van der Waals surface area contributed by atoms with Crippen molar-refractivity contribution in [3.8, 4) is 11.4 Å². The van der Waals surface area contributed by atoms with Crippen LogP contribution in [-0.4, -0.2) is 21.0 Å². The van der Waals surface area contributed by atoms with Crippen molar-refractivity contribution in [1.29, 1.82) is 0 Å². The molecule has 1 amide bonds. The molecule has 0 fully saturated rings. The topological polar surface area (TPSA) is 101 Å². The Kier molecular flexibility index (Phi) is 4.54. The number of rotatable bonds is 4. The Bertz CT molecular complexity index is 932. The Balaban J connectivity index is 1.63. The molecule has 3 rings (SSSR count). The molecule has 0 aliphatic carbocycles. The molecule has 0 bridgehead atoms. The van der Waals surface area contributed by atoms with Crippen molar-refractivity contribution in [2.45, 2.75) is 32.6 Å². The van der Waals surface area contributed by atoms with E-state index in [1.54, 1.807) is 35.6 Å². The molecule has 0 aliphatic heterocycles. The van der Waals surface area contributed by atoms with E-state index in [4.69, 9.17) is 0 Å². The maximum absolute atomic E-state index is 12.2. The van der Waals surface area contributed by atoms with Gasteiger partial charge in [0.2, 0.25) is 5.91 Å². The smallest absolute Gasteiger partial charge is 0.326 e. The summed E-state index contributed by atoms with van der Waals surface area (Å²) in [6, 6.07) is 6.96. The first-order valence-electron chi connectivity index (χ1n) is 7.72. The summed E-state index contributed by atoms with van der Waals surface area (Å²) in [6.07, 6.45) is 0.227. The number of anilines is 1. The molecule has 8 heteroatoms. The largest absolute Gasteiger partial charge is 0.439 e. The number of aromatic amines is 1. The number of benzene rings is 1. The summed E-state index contributed by atoms with van der Waals surface area (Å²) in [5, 5.41) is 9.39. The monoisotopic (exact) mass is 358 g/mol. The van der Waals surface area contributed by atoms with Crippen molar-refractivity contribution in [3.63, 3.8) is 0 Å². The number of hydrogen-bond donors (Lipinski definition) is 2. The Labute approximate surface area is 148 Å². The molecule has 0 spiro atoms. The van der Waals surface area contributed by atoms with Gasteiger partial charge < -0.3 is 5.32 Å². The lowest BCUT2D eigenvalue weighted by molar-refractivity contribution is -0.115. The number of nitrogens with one attached hydrogen (secondary N) is 2. The maximum atomic E-state index is 12.2. The van der Waals surface area contributed by atoms with Crippen molar-refractivity contribution in [2.24, 2.45) is 0 Å². The fraction of sp³-hybridized carbons (Fsp3) is 0.294. The molecule has 0 atom stereocenters. The third kappa shape index (κ3) is 4.21. The minimum atomic E-state index is -0.606. The Morgan fingerprint density at radius 1 is 1.28 bits per heavy atom. The summed E-state index contributed by atoms with van der Waals surface area (Å²) >= 11 is 1.57. The van der Waals surface area contributed by atoms with Gasteiger partial charge in [-0.25, -0.2) is 9.78 Å². The zero-order valence-corrected chi connectivity index (χ0v) is 14.9. The first-order chi connectivity index (χ1) is 11.8. The quantitative estimate of drug-likeness (QED) is 0.747. The van der Waals surface area contributed by atoms with Gasteiger partial charge in [0.1, 0.15) is 0 Å². The zero-order valence-electron chi connectivity index (χ0n) is 14.1. The number of aromatic nitrogens is 3. The summed E-state index contributed by atoms with van der Waals surface area (Å²) in [7, 11) is 0. The van der Waals surface area contributed by atoms with E-state index < -0.39 is 5.76 Å². The van der Waals surface area contributed by atoms with Crippen LogP contribution < -0.4 is 11.1 Å². The van der Waals surface area contributed by atoms with Gasteiger partial charge in [-0.1, -0.05) is 25.9 Å². The number of nitrogens with zero attached hydrogens (tertiary/aromatic N) is 2. The molecule has 0 saturated heterocycles. The van der Waals surface area contributed by atoms with Gasteiger partial charge in [0, 0.05) is 22.0 Å². The summed E-state index contributed by atoms with van der Waals surface area (Å²) in [6.45, 7) is 6.29. The van der Waals surface area contributed by atoms with Gasteiger partial charge in [0.05, 0.1) is 17.1 Å². The molecule has 2 N–H and O–H groups in total. The molecule has 7 nitrogen and oxygen atoms in total. The van der Waals surface area contributed by atoms with Crippen molar-refractivity contribution in [2.75, 3.05) is 5.32 Å². The molecule has 3 aromatic rings. The lowest BCUT2D eigenvalue weighted by Crippen LogP contribution is -2.15. The summed E-state index contributed by atoms with van der Waals surface area (Å²) in [5.41, 5.74) is 2.10. The predicted octanol–water partition coefficient (Wildman–Crippen LogP) is 2.97. The average molecular weight is 358 g/mol. The van der Waals surface area contributed by atoms with Crippen LogP contribution in [0.15, 0.2) is 39.0 Å². The molecule has 0 unspecified atom stereocenters. The second kappa shape index (κ2) is 6.64. The minimum absolute atomic E-state index is 0.0166. The lowest BCUT2D eigenvalue weighted by Gasteiger charge is -2.13. The first-order valence-corrected chi connectivity index (χ1v) is 8.60. The summed E-state index contributed by atoms with van der Waals surface area (Å²) in [4.78, 5) is 30.1. The Morgan fingerprint density at radius 3 is 2.56 bits per heavy atom. The van der Waals surface area contributed by atoms with Crippen LogP contribution in [0.2, 0.25) is 0 Å². The second-order valence-electron chi connectivity index (χ2n) is 6.64. The van der Waals surface area contributed by atoms with Gasteiger partial charge in [-0.15, -0.1) is 11.3 Å². The van der Waals surface area contributed by atoms with E-state index >= 15 is 0 Å². The molecular formula is C17H18N4O3S. The van der Waals surface area contributed by atoms with Gasteiger partial charge in [-0.3, -0.25) is 14.3 Å². The molecule has 25 heavy (non-hydrogen) atoms. The predicted molar refractivity (Wildman–Crippen MR) is 95.7 cm³/mol. The molecule has 1 aromatic carbocycles. The number of thiazole rings is 1. The second-order valence-corrected chi connectivity index (χ2v) is 7.50. The van der Waals surface area contributed by atoms with Crippen LogP contribution in [0.25, 0.3) is 11.4 Å². The van der Waals surface area contributed by atoms with Crippen molar-refractivity contribution in [3.05, 3.63) is 50.9 Å². The standard InChI is InChI=1S/C17H18N4O3S/c1-17(2,3)15-19-12(9-25-15)8-13(22)18-11-6-4-10(5-7-11)14-20-16(23)24-21-14/h4-7,9H,8H2,1-3H3,(H,18,22)(H,20,21,23). The molecular weight excluding hydrogens is 340 g/mol.